The lowest BCUT2D eigenvalue weighted by Crippen LogP contribution is -1.97. The molecular weight excluding hydrogens is 546 g/mol. The van der Waals surface area contributed by atoms with Gasteiger partial charge in [-0.1, -0.05) is 127 Å². The van der Waals surface area contributed by atoms with Crippen LogP contribution < -0.4 is 0 Å². The fraction of sp³-hybridized carbons (Fsp3) is 0. The van der Waals surface area contributed by atoms with Crippen LogP contribution in [0.2, 0.25) is 0 Å². The maximum atomic E-state index is 5.06. The molecule has 3 heteroatoms. The van der Waals surface area contributed by atoms with Gasteiger partial charge in [-0.3, -0.25) is 9.55 Å². The highest BCUT2D eigenvalue weighted by Gasteiger charge is 2.16. The van der Waals surface area contributed by atoms with Crippen LogP contribution in [0.3, 0.4) is 0 Å². The van der Waals surface area contributed by atoms with Crippen LogP contribution in [-0.2, 0) is 0 Å². The number of benzene rings is 7. The summed E-state index contributed by atoms with van der Waals surface area (Å²) in [5.41, 5.74) is 10.1. The van der Waals surface area contributed by atoms with E-state index in [0.717, 1.165) is 39.0 Å². The van der Waals surface area contributed by atoms with Gasteiger partial charge in [0.05, 0.1) is 16.6 Å². The van der Waals surface area contributed by atoms with Crippen molar-refractivity contribution in [2.45, 2.75) is 0 Å². The molecule has 0 radical (unpaired) electrons. The molecule has 0 aliphatic rings. The number of hydrogen-bond donors (Lipinski definition) is 0. The van der Waals surface area contributed by atoms with Crippen molar-refractivity contribution >= 4 is 43.5 Å². The lowest BCUT2D eigenvalue weighted by atomic mass is 9.89. The highest BCUT2D eigenvalue weighted by atomic mass is 15.1. The normalized spacial score (nSPS) is 11.6. The van der Waals surface area contributed by atoms with E-state index in [2.05, 4.69) is 144 Å². The van der Waals surface area contributed by atoms with E-state index in [4.69, 9.17) is 9.97 Å². The van der Waals surface area contributed by atoms with Gasteiger partial charge in [-0.25, -0.2) is 4.98 Å². The number of fused-ring (bicyclic) bond motifs is 5. The van der Waals surface area contributed by atoms with E-state index in [9.17, 15) is 0 Å². The molecule has 0 atom stereocenters. The molecule has 9 aromatic rings. The van der Waals surface area contributed by atoms with Crippen molar-refractivity contribution in [3.05, 3.63) is 164 Å². The van der Waals surface area contributed by atoms with Crippen LogP contribution in [0.4, 0.5) is 0 Å². The Kier molecular flexibility index (Phi) is 5.82. The summed E-state index contributed by atoms with van der Waals surface area (Å²) in [5, 5.41) is 6.02. The van der Waals surface area contributed by atoms with Gasteiger partial charge >= 0.3 is 0 Å². The molecular formula is C42H27N3. The molecule has 0 N–H and O–H groups in total. The highest BCUT2D eigenvalue weighted by molar-refractivity contribution is 6.14. The van der Waals surface area contributed by atoms with E-state index in [1.807, 2.05) is 24.4 Å². The topological polar surface area (TPSA) is 30.7 Å². The number of aromatic nitrogens is 3. The molecule has 0 unspecified atom stereocenters. The van der Waals surface area contributed by atoms with Gasteiger partial charge in [0.25, 0.3) is 0 Å². The zero-order valence-corrected chi connectivity index (χ0v) is 24.4. The molecule has 2 aromatic heterocycles. The van der Waals surface area contributed by atoms with Crippen molar-refractivity contribution in [2.75, 3.05) is 0 Å². The van der Waals surface area contributed by atoms with Crippen LogP contribution >= 0.6 is 0 Å². The lowest BCUT2D eigenvalue weighted by Gasteiger charge is -2.15. The number of pyridine rings is 1. The van der Waals surface area contributed by atoms with Gasteiger partial charge in [0.1, 0.15) is 5.82 Å². The summed E-state index contributed by atoms with van der Waals surface area (Å²) in [6.07, 6.45) is 1.88. The van der Waals surface area contributed by atoms with Crippen LogP contribution in [0, 0.1) is 0 Å². The van der Waals surface area contributed by atoms with Gasteiger partial charge in [0.2, 0.25) is 0 Å². The maximum absolute atomic E-state index is 5.06. The third-order valence-electron chi connectivity index (χ3n) is 8.87. The number of rotatable bonds is 4. The van der Waals surface area contributed by atoms with E-state index in [-0.39, 0.29) is 0 Å². The first-order chi connectivity index (χ1) is 22.3. The molecule has 0 bridgehead atoms. The van der Waals surface area contributed by atoms with Crippen LogP contribution in [0.1, 0.15) is 0 Å². The van der Waals surface area contributed by atoms with E-state index >= 15 is 0 Å². The Morgan fingerprint density at radius 1 is 0.422 bits per heavy atom. The number of nitrogens with zero attached hydrogens (tertiary/aromatic N) is 3. The first-order valence-electron chi connectivity index (χ1n) is 15.3. The van der Waals surface area contributed by atoms with Crippen molar-refractivity contribution < 1.29 is 0 Å². The van der Waals surface area contributed by atoms with Crippen LogP contribution in [-0.4, -0.2) is 14.5 Å². The Labute approximate surface area is 260 Å². The standard InChI is InChI=1S/C42H27N3/c1-2-11-31(12-3-1)45-40-18-7-6-17-39(40)44-42(45)30-21-19-28(20-22-30)32-25-26-36(34-14-5-4-13-33(32)34)35-15-8-16-38-37(35)24-23-29-10-9-27-43-41(29)38/h1-27H. The van der Waals surface area contributed by atoms with Gasteiger partial charge in [-0.05, 0) is 68.7 Å². The summed E-state index contributed by atoms with van der Waals surface area (Å²) >= 11 is 0. The lowest BCUT2D eigenvalue weighted by molar-refractivity contribution is 1.10. The van der Waals surface area contributed by atoms with Crippen LogP contribution in [0.25, 0.3) is 82.8 Å². The summed E-state index contributed by atoms with van der Waals surface area (Å²) in [4.78, 5) is 9.78. The smallest absolute Gasteiger partial charge is 0.145 e. The third kappa shape index (κ3) is 4.13. The summed E-state index contributed by atoms with van der Waals surface area (Å²) in [6.45, 7) is 0. The number of para-hydroxylation sites is 3. The van der Waals surface area contributed by atoms with Crippen molar-refractivity contribution in [2.24, 2.45) is 0 Å². The molecule has 0 amide bonds. The first kappa shape index (κ1) is 25.4. The molecule has 9 rings (SSSR count). The van der Waals surface area contributed by atoms with Crippen molar-refractivity contribution in [1.29, 1.82) is 0 Å². The van der Waals surface area contributed by atoms with E-state index in [1.165, 1.54) is 43.8 Å². The second-order valence-electron chi connectivity index (χ2n) is 11.4. The third-order valence-corrected chi connectivity index (χ3v) is 8.87. The Bertz CT molecular complexity index is 2530. The summed E-state index contributed by atoms with van der Waals surface area (Å²) in [6, 6.07) is 56.0. The molecule has 0 aliphatic heterocycles. The summed E-state index contributed by atoms with van der Waals surface area (Å²) < 4.78 is 2.25. The van der Waals surface area contributed by atoms with Gasteiger partial charge in [0.15, 0.2) is 0 Å². The zero-order chi connectivity index (χ0) is 29.7. The quantitative estimate of drug-likeness (QED) is 0.196. The van der Waals surface area contributed by atoms with Crippen molar-refractivity contribution in [1.82, 2.24) is 14.5 Å². The molecule has 3 nitrogen and oxygen atoms in total. The molecule has 45 heavy (non-hydrogen) atoms. The predicted molar refractivity (Wildman–Crippen MR) is 188 cm³/mol. The van der Waals surface area contributed by atoms with E-state index in [1.54, 1.807) is 0 Å². The molecule has 0 aliphatic carbocycles. The maximum Gasteiger partial charge on any atom is 0.145 e. The Morgan fingerprint density at radius 3 is 1.96 bits per heavy atom. The van der Waals surface area contributed by atoms with Crippen LogP contribution in [0.15, 0.2) is 164 Å². The van der Waals surface area contributed by atoms with Crippen molar-refractivity contribution in [3.8, 4) is 39.3 Å². The Balaban J connectivity index is 1.17. The largest absolute Gasteiger partial charge is 0.292 e. The Morgan fingerprint density at radius 2 is 1.09 bits per heavy atom. The molecule has 0 spiro atoms. The fourth-order valence-corrected chi connectivity index (χ4v) is 6.78. The Hall–Kier alpha value is -6.06. The second kappa shape index (κ2) is 10.3. The molecule has 0 saturated heterocycles. The van der Waals surface area contributed by atoms with Crippen LogP contribution in [0.5, 0.6) is 0 Å². The number of imidazole rings is 1. The molecule has 7 aromatic carbocycles. The monoisotopic (exact) mass is 573 g/mol. The molecule has 2 heterocycles. The van der Waals surface area contributed by atoms with E-state index in [0.29, 0.717) is 0 Å². The first-order valence-corrected chi connectivity index (χ1v) is 15.3. The highest BCUT2D eigenvalue weighted by Crippen LogP contribution is 2.40. The molecule has 210 valence electrons. The minimum absolute atomic E-state index is 0.937. The second-order valence-corrected chi connectivity index (χ2v) is 11.4. The molecule has 0 fully saturated rings. The SMILES string of the molecule is c1ccc(-n2c(-c3ccc(-c4ccc(-c5cccc6c5ccc5cccnc56)c5ccccc45)cc3)nc3ccccc32)cc1. The summed E-state index contributed by atoms with van der Waals surface area (Å²) in [5.74, 6) is 0.937. The predicted octanol–water partition coefficient (Wildman–Crippen LogP) is 10.9. The van der Waals surface area contributed by atoms with E-state index < -0.39 is 0 Å². The summed E-state index contributed by atoms with van der Waals surface area (Å²) in [7, 11) is 0. The van der Waals surface area contributed by atoms with Crippen molar-refractivity contribution in [3.63, 3.8) is 0 Å². The van der Waals surface area contributed by atoms with Gasteiger partial charge in [0, 0.05) is 28.2 Å². The molecule has 0 saturated carbocycles. The fourth-order valence-electron chi connectivity index (χ4n) is 6.78. The van der Waals surface area contributed by atoms with Gasteiger partial charge < -0.3 is 0 Å². The van der Waals surface area contributed by atoms with Gasteiger partial charge in [-0.15, -0.1) is 0 Å². The minimum atomic E-state index is 0.937. The zero-order valence-electron chi connectivity index (χ0n) is 24.4. The average Bonchev–Trinajstić information content (AvgIpc) is 3.51. The minimum Gasteiger partial charge on any atom is -0.292 e. The average molecular weight is 574 g/mol. The number of hydrogen-bond acceptors (Lipinski definition) is 2. The van der Waals surface area contributed by atoms with Gasteiger partial charge in [-0.2, -0.15) is 0 Å².